The number of phenolic OH excluding ortho intramolecular Hbond substituents is 1. The molecule has 3 nitrogen and oxygen atoms in total. The molecule has 4 rings (SSSR count). The number of aromatic hydroxyl groups is 1. The van der Waals surface area contributed by atoms with E-state index in [0.717, 1.165) is 5.56 Å². The Morgan fingerprint density at radius 3 is 2.28 bits per heavy atom. The predicted octanol–water partition coefficient (Wildman–Crippen LogP) is 4.76. The molecule has 3 aromatic carbocycles. The van der Waals surface area contributed by atoms with E-state index in [9.17, 15) is 9.90 Å². The van der Waals surface area contributed by atoms with E-state index in [0.29, 0.717) is 34.3 Å². The van der Waals surface area contributed by atoms with Crippen molar-refractivity contribution in [3.8, 4) is 17.1 Å². The maximum absolute atomic E-state index is 13.1. The summed E-state index contributed by atoms with van der Waals surface area (Å²) in [4.78, 5) is 13.1. The summed E-state index contributed by atoms with van der Waals surface area (Å²) in [5, 5.41) is 10.7. The summed E-state index contributed by atoms with van der Waals surface area (Å²) in [5.41, 5.74) is 2.58. The molecule has 0 bridgehead atoms. The molecule has 0 radical (unpaired) electrons. The van der Waals surface area contributed by atoms with Crippen LogP contribution >= 0.6 is 0 Å². The predicted molar refractivity (Wildman–Crippen MR) is 98.8 cm³/mol. The van der Waals surface area contributed by atoms with Gasteiger partial charge in [-0.1, -0.05) is 60.7 Å². The maximum atomic E-state index is 13.1. The minimum atomic E-state index is -0.0658. The van der Waals surface area contributed by atoms with Gasteiger partial charge in [-0.05, 0) is 23.8 Å². The van der Waals surface area contributed by atoms with E-state index in [-0.39, 0.29) is 11.2 Å². The normalized spacial score (nSPS) is 10.9. The Bertz CT molecular complexity index is 1090. The van der Waals surface area contributed by atoms with Crippen LogP contribution in [0.2, 0.25) is 0 Å². The largest absolute Gasteiger partial charge is 0.508 e. The molecule has 0 amide bonds. The third kappa shape index (κ3) is 2.81. The van der Waals surface area contributed by atoms with E-state index in [2.05, 4.69) is 0 Å². The van der Waals surface area contributed by atoms with Crippen LogP contribution in [0, 0.1) is 0 Å². The van der Waals surface area contributed by atoms with Crippen molar-refractivity contribution in [2.45, 2.75) is 6.42 Å². The number of rotatable bonds is 3. The molecule has 4 aromatic rings. The summed E-state index contributed by atoms with van der Waals surface area (Å²) in [7, 11) is 0. The van der Waals surface area contributed by atoms with Crippen LogP contribution in [-0.4, -0.2) is 5.11 Å². The van der Waals surface area contributed by atoms with Gasteiger partial charge in [-0.15, -0.1) is 0 Å². The Hall–Kier alpha value is -3.33. The number of hydrogen-bond acceptors (Lipinski definition) is 3. The lowest BCUT2D eigenvalue weighted by Crippen LogP contribution is -2.12. The minimum absolute atomic E-state index is 0.0658. The van der Waals surface area contributed by atoms with Crippen molar-refractivity contribution in [3.63, 3.8) is 0 Å². The van der Waals surface area contributed by atoms with Crippen molar-refractivity contribution in [2.24, 2.45) is 0 Å². The average Bonchev–Trinajstić information content (AvgIpc) is 2.66. The fourth-order valence-corrected chi connectivity index (χ4v) is 3.01. The van der Waals surface area contributed by atoms with Gasteiger partial charge in [0.2, 0.25) is 0 Å². The molecule has 0 fully saturated rings. The second-order valence-corrected chi connectivity index (χ2v) is 5.91. The molecule has 0 aliphatic heterocycles. The molecule has 0 saturated carbocycles. The van der Waals surface area contributed by atoms with Crippen LogP contribution in [0.1, 0.15) is 11.1 Å². The van der Waals surface area contributed by atoms with Crippen LogP contribution in [0.25, 0.3) is 22.3 Å². The van der Waals surface area contributed by atoms with E-state index in [1.54, 1.807) is 24.3 Å². The average molecular weight is 328 g/mol. The molecule has 122 valence electrons. The third-order valence-electron chi connectivity index (χ3n) is 4.29. The highest BCUT2D eigenvalue weighted by Gasteiger charge is 2.17. The number of fused-ring (bicyclic) bond motifs is 1. The Kier molecular flexibility index (Phi) is 3.82. The lowest BCUT2D eigenvalue weighted by atomic mass is 9.98. The zero-order valence-electron chi connectivity index (χ0n) is 13.5. The fourth-order valence-electron chi connectivity index (χ4n) is 3.01. The number of benzene rings is 3. The monoisotopic (exact) mass is 328 g/mol. The molecular formula is C22H16O3. The molecule has 3 heteroatoms. The summed E-state index contributed by atoms with van der Waals surface area (Å²) in [6.07, 6.45) is 0.310. The second kappa shape index (κ2) is 6.29. The first-order valence-electron chi connectivity index (χ1n) is 8.11. The van der Waals surface area contributed by atoms with Crippen molar-refractivity contribution < 1.29 is 9.52 Å². The van der Waals surface area contributed by atoms with Gasteiger partial charge in [0.25, 0.3) is 0 Å². The van der Waals surface area contributed by atoms with E-state index in [4.69, 9.17) is 4.42 Å². The van der Waals surface area contributed by atoms with Gasteiger partial charge in [-0.2, -0.15) is 0 Å². The van der Waals surface area contributed by atoms with Gasteiger partial charge >= 0.3 is 0 Å². The van der Waals surface area contributed by atoms with Crippen LogP contribution in [0.4, 0.5) is 0 Å². The van der Waals surface area contributed by atoms with Gasteiger partial charge in [-0.25, -0.2) is 0 Å². The van der Waals surface area contributed by atoms with Crippen LogP contribution in [0.15, 0.2) is 88.1 Å². The lowest BCUT2D eigenvalue weighted by molar-refractivity contribution is 0.469. The van der Waals surface area contributed by atoms with Crippen LogP contribution in [0.5, 0.6) is 5.75 Å². The fraction of sp³-hybridized carbons (Fsp3) is 0.0455. The second-order valence-electron chi connectivity index (χ2n) is 5.91. The van der Waals surface area contributed by atoms with Gasteiger partial charge < -0.3 is 9.52 Å². The summed E-state index contributed by atoms with van der Waals surface area (Å²) in [6.45, 7) is 0. The zero-order valence-corrected chi connectivity index (χ0v) is 13.5. The van der Waals surface area contributed by atoms with Crippen molar-refractivity contribution in [3.05, 3.63) is 100 Å². The smallest absolute Gasteiger partial charge is 0.196 e. The number of para-hydroxylation sites is 2. The molecule has 0 spiro atoms. The first kappa shape index (κ1) is 15.2. The Labute approximate surface area is 144 Å². The van der Waals surface area contributed by atoms with Crippen LogP contribution < -0.4 is 5.43 Å². The van der Waals surface area contributed by atoms with Crippen molar-refractivity contribution in [1.29, 1.82) is 0 Å². The molecule has 0 aliphatic rings. The maximum Gasteiger partial charge on any atom is 0.196 e. The standard InChI is InChI=1S/C22H16O3/c23-19-12-6-4-10-16(19)14-18-21(24)17-11-5-7-13-20(17)25-22(18)15-8-2-1-3-9-15/h1-13,23H,14H2. The highest BCUT2D eigenvalue weighted by Crippen LogP contribution is 2.29. The first-order valence-corrected chi connectivity index (χ1v) is 8.11. The Balaban J connectivity index is 1.99. The molecule has 1 aromatic heterocycles. The van der Waals surface area contributed by atoms with Gasteiger partial charge in [-0.3, -0.25) is 4.79 Å². The van der Waals surface area contributed by atoms with E-state index in [1.165, 1.54) is 0 Å². The molecule has 0 unspecified atom stereocenters. The van der Waals surface area contributed by atoms with E-state index >= 15 is 0 Å². The molecule has 0 atom stereocenters. The van der Waals surface area contributed by atoms with Gasteiger partial charge in [0.05, 0.1) is 5.39 Å². The zero-order chi connectivity index (χ0) is 17.2. The van der Waals surface area contributed by atoms with E-state index in [1.807, 2.05) is 54.6 Å². The highest BCUT2D eigenvalue weighted by atomic mass is 16.3. The number of hydrogen-bond donors (Lipinski definition) is 1. The molecule has 0 saturated heterocycles. The quantitative estimate of drug-likeness (QED) is 0.590. The first-order chi connectivity index (χ1) is 12.2. The highest BCUT2D eigenvalue weighted by molar-refractivity contribution is 5.80. The molecule has 1 heterocycles. The number of phenols is 1. The SMILES string of the molecule is O=c1c(Cc2ccccc2O)c(-c2ccccc2)oc2ccccc12. The summed E-state index contributed by atoms with van der Waals surface area (Å²) in [5.74, 6) is 0.724. The molecular weight excluding hydrogens is 312 g/mol. The molecule has 25 heavy (non-hydrogen) atoms. The molecule has 1 N–H and O–H groups in total. The Morgan fingerprint density at radius 2 is 1.48 bits per heavy atom. The van der Waals surface area contributed by atoms with Crippen molar-refractivity contribution in [2.75, 3.05) is 0 Å². The third-order valence-corrected chi connectivity index (χ3v) is 4.29. The minimum Gasteiger partial charge on any atom is -0.508 e. The van der Waals surface area contributed by atoms with Gasteiger partial charge in [0.15, 0.2) is 5.43 Å². The lowest BCUT2D eigenvalue weighted by Gasteiger charge is -2.11. The topological polar surface area (TPSA) is 50.4 Å². The van der Waals surface area contributed by atoms with Gasteiger partial charge in [0.1, 0.15) is 17.1 Å². The summed E-state index contributed by atoms with van der Waals surface area (Å²) >= 11 is 0. The van der Waals surface area contributed by atoms with Crippen molar-refractivity contribution >= 4 is 11.0 Å². The molecule has 0 aliphatic carbocycles. The Morgan fingerprint density at radius 1 is 0.800 bits per heavy atom. The van der Waals surface area contributed by atoms with E-state index < -0.39 is 0 Å². The van der Waals surface area contributed by atoms with Crippen molar-refractivity contribution in [1.82, 2.24) is 0 Å². The van der Waals surface area contributed by atoms with Crippen LogP contribution in [-0.2, 0) is 6.42 Å². The summed E-state index contributed by atoms with van der Waals surface area (Å²) < 4.78 is 6.09. The summed E-state index contributed by atoms with van der Waals surface area (Å²) in [6, 6.07) is 23.9. The van der Waals surface area contributed by atoms with Crippen LogP contribution in [0.3, 0.4) is 0 Å². The van der Waals surface area contributed by atoms with Gasteiger partial charge in [0, 0.05) is 17.5 Å².